The van der Waals surface area contributed by atoms with Crippen molar-refractivity contribution in [2.24, 2.45) is 0 Å². The molecule has 0 aromatic carbocycles. The van der Waals surface area contributed by atoms with Gasteiger partial charge in [0.15, 0.2) is 5.82 Å². The second kappa shape index (κ2) is 5.23. The molecule has 5 nitrogen and oxygen atoms in total. The molecule has 2 rings (SSSR count). The van der Waals surface area contributed by atoms with Gasteiger partial charge < -0.3 is 14.6 Å². The molecular formula is C10H17N3O2. The van der Waals surface area contributed by atoms with Crippen LogP contribution in [0.3, 0.4) is 0 Å². The lowest BCUT2D eigenvalue weighted by Gasteiger charge is -2.13. The van der Waals surface area contributed by atoms with Crippen LogP contribution in [0.2, 0.25) is 0 Å². The molecule has 0 aliphatic carbocycles. The molecule has 1 aliphatic heterocycles. The van der Waals surface area contributed by atoms with Crippen LogP contribution in [0.5, 0.6) is 0 Å². The lowest BCUT2D eigenvalue weighted by atomic mass is 10.1. The van der Waals surface area contributed by atoms with Gasteiger partial charge in [0.2, 0.25) is 5.89 Å². The Hall–Kier alpha value is -0.940. The van der Waals surface area contributed by atoms with Gasteiger partial charge in [-0.05, 0) is 26.2 Å². The minimum atomic E-state index is 0.514. The maximum atomic E-state index is 5.39. The van der Waals surface area contributed by atoms with Crippen LogP contribution in [0.4, 0.5) is 0 Å². The minimum absolute atomic E-state index is 0.514. The first kappa shape index (κ1) is 10.6. The summed E-state index contributed by atoms with van der Waals surface area (Å²) in [5, 5.41) is 7.16. The summed E-state index contributed by atoms with van der Waals surface area (Å²) in [5.74, 6) is 1.36. The Bertz CT molecular complexity index is 293. The molecule has 1 fully saturated rings. The highest BCUT2D eigenvalue weighted by molar-refractivity contribution is 4.83. The molecular weight excluding hydrogens is 194 g/mol. The van der Waals surface area contributed by atoms with Crippen LogP contribution >= 0.6 is 0 Å². The summed E-state index contributed by atoms with van der Waals surface area (Å²) in [5.41, 5.74) is 0. The Morgan fingerprint density at radius 2 is 2.33 bits per heavy atom. The van der Waals surface area contributed by atoms with Gasteiger partial charge in [-0.25, -0.2) is 0 Å². The number of ether oxygens (including phenoxy) is 1. The third kappa shape index (κ3) is 3.28. The summed E-state index contributed by atoms with van der Waals surface area (Å²) >= 11 is 0. The zero-order valence-corrected chi connectivity index (χ0v) is 9.03. The van der Waals surface area contributed by atoms with Crippen LogP contribution in [-0.2, 0) is 11.3 Å². The summed E-state index contributed by atoms with van der Waals surface area (Å²) in [6.45, 7) is 4.22. The van der Waals surface area contributed by atoms with Gasteiger partial charge in [0.25, 0.3) is 0 Å². The number of aromatic nitrogens is 2. The third-order valence-corrected chi connectivity index (χ3v) is 2.56. The molecule has 5 heteroatoms. The van der Waals surface area contributed by atoms with E-state index >= 15 is 0 Å². The highest BCUT2D eigenvalue weighted by atomic mass is 16.5. The van der Waals surface area contributed by atoms with Crippen LogP contribution in [-0.4, -0.2) is 29.4 Å². The number of hydrogen-bond acceptors (Lipinski definition) is 5. The van der Waals surface area contributed by atoms with Gasteiger partial charge in [-0.15, -0.1) is 0 Å². The predicted octanol–water partition coefficient (Wildman–Crippen LogP) is 1.04. The van der Waals surface area contributed by atoms with Gasteiger partial charge in [-0.2, -0.15) is 4.98 Å². The van der Waals surface area contributed by atoms with E-state index in [0.717, 1.165) is 32.5 Å². The van der Waals surface area contributed by atoms with E-state index in [4.69, 9.17) is 9.26 Å². The van der Waals surface area contributed by atoms with Crippen molar-refractivity contribution in [3.63, 3.8) is 0 Å². The SMILES string of the molecule is Cc1noc(CNC2CCCOCC2)n1. The average Bonchev–Trinajstić information content (AvgIpc) is 2.52. The van der Waals surface area contributed by atoms with E-state index in [0.29, 0.717) is 24.3 Å². The molecule has 1 atom stereocenters. The largest absolute Gasteiger partial charge is 0.381 e. The maximum absolute atomic E-state index is 5.39. The maximum Gasteiger partial charge on any atom is 0.240 e. The molecule has 1 unspecified atom stereocenters. The van der Waals surface area contributed by atoms with Crippen molar-refractivity contribution in [1.29, 1.82) is 0 Å². The number of nitrogens with one attached hydrogen (secondary N) is 1. The van der Waals surface area contributed by atoms with Gasteiger partial charge in [-0.3, -0.25) is 0 Å². The number of rotatable bonds is 3. The quantitative estimate of drug-likeness (QED) is 0.809. The van der Waals surface area contributed by atoms with E-state index in [2.05, 4.69) is 15.5 Å². The predicted molar refractivity (Wildman–Crippen MR) is 54.3 cm³/mol. The molecule has 0 spiro atoms. The second-order valence-corrected chi connectivity index (χ2v) is 3.86. The Labute approximate surface area is 89.2 Å². The molecule has 1 saturated heterocycles. The topological polar surface area (TPSA) is 60.2 Å². The van der Waals surface area contributed by atoms with E-state index in [1.54, 1.807) is 0 Å². The minimum Gasteiger partial charge on any atom is -0.381 e. The van der Waals surface area contributed by atoms with E-state index in [1.807, 2.05) is 6.92 Å². The molecule has 15 heavy (non-hydrogen) atoms. The van der Waals surface area contributed by atoms with Crippen molar-refractivity contribution in [1.82, 2.24) is 15.5 Å². The van der Waals surface area contributed by atoms with Gasteiger partial charge in [0.05, 0.1) is 6.54 Å². The van der Waals surface area contributed by atoms with E-state index in [1.165, 1.54) is 0 Å². The Kier molecular flexibility index (Phi) is 3.69. The Morgan fingerprint density at radius 3 is 3.13 bits per heavy atom. The highest BCUT2D eigenvalue weighted by Gasteiger charge is 2.12. The molecule has 84 valence electrons. The Morgan fingerprint density at radius 1 is 1.40 bits per heavy atom. The molecule has 0 saturated carbocycles. The van der Waals surface area contributed by atoms with E-state index in [-0.39, 0.29) is 0 Å². The number of nitrogens with zero attached hydrogens (tertiary/aromatic N) is 2. The smallest absolute Gasteiger partial charge is 0.240 e. The van der Waals surface area contributed by atoms with Crippen LogP contribution in [0.1, 0.15) is 31.0 Å². The summed E-state index contributed by atoms with van der Waals surface area (Å²) in [7, 11) is 0. The van der Waals surface area contributed by atoms with Gasteiger partial charge in [0.1, 0.15) is 0 Å². The fourth-order valence-electron chi connectivity index (χ4n) is 1.75. The van der Waals surface area contributed by atoms with Gasteiger partial charge in [-0.1, -0.05) is 5.16 Å². The van der Waals surface area contributed by atoms with Crippen molar-refractivity contribution in [3.8, 4) is 0 Å². The van der Waals surface area contributed by atoms with Crippen LogP contribution in [0.25, 0.3) is 0 Å². The first-order chi connectivity index (χ1) is 7.34. The molecule has 1 aromatic rings. The molecule has 2 heterocycles. The normalized spacial score (nSPS) is 22.6. The summed E-state index contributed by atoms with van der Waals surface area (Å²) < 4.78 is 10.4. The number of hydrogen-bond donors (Lipinski definition) is 1. The van der Waals surface area contributed by atoms with Crippen molar-refractivity contribution in [2.45, 2.75) is 38.8 Å². The molecule has 1 aliphatic rings. The van der Waals surface area contributed by atoms with Gasteiger partial charge in [0, 0.05) is 19.3 Å². The molecule has 0 bridgehead atoms. The molecule has 0 amide bonds. The lowest BCUT2D eigenvalue weighted by molar-refractivity contribution is 0.142. The molecule has 1 N–H and O–H groups in total. The molecule has 1 aromatic heterocycles. The van der Waals surface area contributed by atoms with Crippen LogP contribution in [0.15, 0.2) is 4.52 Å². The standard InChI is InChI=1S/C10H17N3O2/c1-8-12-10(15-13-8)7-11-9-3-2-5-14-6-4-9/h9,11H,2-7H2,1H3. The third-order valence-electron chi connectivity index (χ3n) is 2.56. The van der Waals surface area contributed by atoms with Crippen LogP contribution < -0.4 is 5.32 Å². The summed E-state index contributed by atoms with van der Waals surface area (Å²) in [6.07, 6.45) is 3.35. The number of aryl methyl sites for hydroxylation is 1. The molecule has 0 radical (unpaired) electrons. The second-order valence-electron chi connectivity index (χ2n) is 3.86. The average molecular weight is 211 g/mol. The van der Waals surface area contributed by atoms with Crippen molar-refractivity contribution in [2.75, 3.05) is 13.2 Å². The van der Waals surface area contributed by atoms with Crippen molar-refractivity contribution in [3.05, 3.63) is 11.7 Å². The summed E-state index contributed by atoms with van der Waals surface area (Å²) in [4.78, 5) is 4.15. The van der Waals surface area contributed by atoms with Crippen LogP contribution in [0, 0.1) is 6.92 Å². The van der Waals surface area contributed by atoms with Gasteiger partial charge >= 0.3 is 0 Å². The van der Waals surface area contributed by atoms with E-state index in [9.17, 15) is 0 Å². The fourth-order valence-corrected chi connectivity index (χ4v) is 1.75. The lowest BCUT2D eigenvalue weighted by Crippen LogP contribution is -2.28. The first-order valence-electron chi connectivity index (χ1n) is 5.45. The zero-order chi connectivity index (χ0) is 10.5. The Balaban J connectivity index is 1.76. The first-order valence-corrected chi connectivity index (χ1v) is 5.45. The van der Waals surface area contributed by atoms with Crippen molar-refractivity contribution >= 4 is 0 Å². The monoisotopic (exact) mass is 211 g/mol. The van der Waals surface area contributed by atoms with Crippen molar-refractivity contribution < 1.29 is 9.26 Å². The zero-order valence-electron chi connectivity index (χ0n) is 9.03. The van der Waals surface area contributed by atoms with E-state index < -0.39 is 0 Å². The highest BCUT2D eigenvalue weighted by Crippen LogP contribution is 2.08. The summed E-state index contributed by atoms with van der Waals surface area (Å²) in [6, 6.07) is 0.514. The fraction of sp³-hybridized carbons (Fsp3) is 0.800.